The van der Waals surface area contributed by atoms with Gasteiger partial charge in [0.05, 0.1) is 6.61 Å². The second kappa shape index (κ2) is 8.39. The highest BCUT2D eigenvalue weighted by Crippen LogP contribution is 2.25. The molecule has 1 heterocycles. The van der Waals surface area contributed by atoms with Crippen LogP contribution in [0.15, 0.2) is 54.6 Å². The summed E-state index contributed by atoms with van der Waals surface area (Å²) >= 11 is 1.37. The van der Waals surface area contributed by atoms with E-state index in [0.717, 1.165) is 16.3 Å². The molecule has 0 unspecified atom stereocenters. The van der Waals surface area contributed by atoms with Crippen LogP contribution in [0.5, 0.6) is 5.75 Å². The van der Waals surface area contributed by atoms with Crippen LogP contribution in [0.2, 0.25) is 0 Å². The van der Waals surface area contributed by atoms with Gasteiger partial charge in [0.25, 0.3) is 0 Å². The maximum Gasteiger partial charge on any atom is 0.226 e. The molecule has 2 aromatic carbocycles. The molecule has 0 bridgehead atoms. The smallest absolute Gasteiger partial charge is 0.226 e. The van der Waals surface area contributed by atoms with E-state index < -0.39 is 0 Å². The molecule has 0 aliphatic heterocycles. The predicted octanol–water partition coefficient (Wildman–Crippen LogP) is 4.31. The van der Waals surface area contributed by atoms with Crippen molar-refractivity contribution < 1.29 is 9.53 Å². The van der Waals surface area contributed by atoms with E-state index >= 15 is 0 Å². The number of ether oxygens (including phenoxy) is 1. The van der Waals surface area contributed by atoms with Crippen LogP contribution in [0.1, 0.15) is 18.4 Å². The minimum Gasteiger partial charge on any atom is -0.494 e. The first-order chi connectivity index (χ1) is 12.2. The van der Waals surface area contributed by atoms with Crippen molar-refractivity contribution in [3.63, 3.8) is 0 Å². The maximum absolute atomic E-state index is 12.0. The van der Waals surface area contributed by atoms with E-state index in [1.807, 2.05) is 61.5 Å². The summed E-state index contributed by atoms with van der Waals surface area (Å²) in [5, 5.41) is 12.2. The van der Waals surface area contributed by atoms with Gasteiger partial charge in [-0.2, -0.15) is 0 Å². The quantitative estimate of drug-likeness (QED) is 0.643. The van der Waals surface area contributed by atoms with Crippen LogP contribution in [0, 0.1) is 6.92 Å². The zero-order valence-corrected chi connectivity index (χ0v) is 14.8. The Kier molecular flexibility index (Phi) is 5.74. The number of nitrogens with zero attached hydrogens (tertiary/aromatic N) is 2. The lowest BCUT2D eigenvalue weighted by Crippen LogP contribution is -2.12. The zero-order valence-electron chi connectivity index (χ0n) is 13.9. The van der Waals surface area contributed by atoms with E-state index in [-0.39, 0.29) is 5.91 Å². The molecule has 1 amide bonds. The van der Waals surface area contributed by atoms with Gasteiger partial charge in [-0.15, -0.1) is 10.2 Å². The molecule has 3 rings (SSSR count). The van der Waals surface area contributed by atoms with E-state index in [0.29, 0.717) is 24.6 Å². The molecule has 3 aromatic rings. The molecule has 0 saturated carbocycles. The highest BCUT2D eigenvalue weighted by atomic mass is 32.1. The number of anilines is 1. The fourth-order valence-electron chi connectivity index (χ4n) is 2.21. The summed E-state index contributed by atoms with van der Waals surface area (Å²) in [6, 6.07) is 17.6. The summed E-state index contributed by atoms with van der Waals surface area (Å²) in [5.74, 6) is 0.742. The van der Waals surface area contributed by atoms with E-state index in [4.69, 9.17) is 4.74 Å². The van der Waals surface area contributed by atoms with E-state index in [2.05, 4.69) is 15.5 Å². The second-order valence-electron chi connectivity index (χ2n) is 5.59. The van der Waals surface area contributed by atoms with Gasteiger partial charge in [-0.25, -0.2) is 0 Å². The normalized spacial score (nSPS) is 10.4. The molecule has 128 valence electrons. The monoisotopic (exact) mass is 353 g/mol. The fraction of sp³-hybridized carbons (Fsp3) is 0.211. The zero-order chi connectivity index (χ0) is 17.5. The van der Waals surface area contributed by atoms with Gasteiger partial charge < -0.3 is 10.1 Å². The number of hydrogen-bond acceptors (Lipinski definition) is 5. The molecule has 5 nitrogen and oxygen atoms in total. The Hall–Kier alpha value is -2.73. The van der Waals surface area contributed by atoms with Crippen LogP contribution in [0.3, 0.4) is 0 Å². The summed E-state index contributed by atoms with van der Waals surface area (Å²) in [6.07, 6.45) is 1.02. The molecule has 0 atom stereocenters. The Morgan fingerprint density at radius 2 is 1.84 bits per heavy atom. The SMILES string of the molecule is Cc1ccc(OCCCC(=O)Nc2nnc(-c3ccccc3)s2)cc1. The number of nitrogens with one attached hydrogen (secondary N) is 1. The maximum atomic E-state index is 12.0. The summed E-state index contributed by atoms with van der Waals surface area (Å²) < 4.78 is 5.62. The van der Waals surface area contributed by atoms with Gasteiger partial charge in [-0.3, -0.25) is 4.79 Å². The minimum atomic E-state index is -0.0803. The predicted molar refractivity (Wildman–Crippen MR) is 99.9 cm³/mol. The molecule has 25 heavy (non-hydrogen) atoms. The van der Waals surface area contributed by atoms with Crippen molar-refractivity contribution in [2.24, 2.45) is 0 Å². The summed E-state index contributed by atoms with van der Waals surface area (Å²) in [7, 11) is 0. The van der Waals surface area contributed by atoms with Crippen LogP contribution < -0.4 is 10.1 Å². The molecule has 0 spiro atoms. The molecule has 0 radical (unpaired) electrons. The minimum absolute atomic E-state index is 0.0803. The molecule has 0 saturated heterocycles. The first kappa shape index (κ1) is 17.1. The Balaban J connectivity index is 1.42. The molecule has 0 aliphatic carbocycles. The molecule has 6 heteroatoms. The Labute approximate surface area is 150 Å². The Morgan fingerprint density at radius 1 is 1.08 bits per heavy atom. The second-order valence-corrected chi connectivity index (χ2v) is 6.57. The van der Waals surface area contributed by atoms with Gasteiger partial charge in [0, 0.05) is 12.0 Å². The highest BCUT2D eigenvalue weighted by molar-refractivity contribution is 7.18. The third kappa shape index (κ3) is 5.12. The summed E-state index contributed by atoms with van der Waals surface area (Å²) in [5.41, 5.74) is 2.19. The van der Waals surface area contributed by atoms with Crippen molar-refractivity contribution in [2.75, 3.05) is 11.9 Å². The largest absolute Gasteiger partial charge is 0.494 e. The number of carbonyl (C=O) groups is 1. The average molecular weight is 353 g/mol. The van der Waals surface area contributed by atoms with Gasteiger partial charge in [-0.1, -0.05) is 59.4 Å². The fourth-order valence-corrected chi connectivity index (χ4v) is 2.98. The molecule has 1 aromatic heterocycles. The van der Waals surface area contributed by atoms with Crippen LogP contribution in [0.4, 0.5) is 5.13 Å². The standard InChI is InChI=1S/C19H19N3O2S/c1-14-9-11-16(12-10-14)24-13-5-8-17(23)20-19-22-21-18(25-19)15-6-3-2-4-7-15/h2-4,6-7,9-12H,5,8,13H2,1H3,(H,20,22,23). The van der Waals surface area contributed by atoms with Crippen molar-refractivity contribution in [3.05, 3.63) is 60.2 Å². The van der Waals surface area contributed by atoms with Crippen LogP contribution in [0.25, 0.3) is 10.6 Å². The van der Waals surface area contributed by atoms with E-state index in [9.17, 15) is 4.79 Å². The van der Waals surface area contributed by atoms with Crippen molar-refractivity contribution in [3.8, 4) is 16.3 Å². The molecule has 0 fully saturated rings. The third-order valence-electron chi connectivity index (χ3n) is 3.53. The van der Waals surface area contributed by atoms with Crippen molar-refractivity contribution in [1.29, 1.82) is 0 Å². The number of aryl methyl sites for hydroxylation is 1. The van der Waals surface area contributed by atoms with E-state index in [1.54, 1.807) is 0 Å². The first-order valence-corrected chi connectivity index (χ1v) is 8.90. The number of hydrogen-bond donors (Lipinski definition) is 1. The lowest BCUT2D eigenvalue weighted by Gasteiger charge is -2.06. The van der Waals surface area contributed by atoms with Crippen LogP contribution in [-0.2, 0) is 4.79 Å². The number of benzene rings is 2. The summed E-state index contributed by atoms with van der Waals surface area (Å²) in [4.78, 5) is 12.0. The molecule has 0 aliphatic rings. The number of aromatic nitrogens is 2. The third-order valence-corrected chi connectivity index (χ3v) is 4.42. The van der Waals surface area contributed by atoms with Crippen molar-refractivity contribution >= 4 is 22.4 Å². The number of amides is 1. The highest BCUT2D eigenvalue weighted by Gasteiger charge is 2.09. The van der Waals surface area contributed by atoms with E-state index in [1.165, 1.54) is 16.9 Å². The lowest BCUT2D eigenvalue weighted by molar-refractivity contribution is -0.116. The first-order valence-electron chi connectivity index (χ1n) is 8.09. The average Bonchev–Trinajstić information content (AvgIpc) is 3.09. The van der Waals surface area contributed by atoms with Gasteiger partial charge in [0.2, 0.25) is 11.0 Å². The van der Waals surface area contributed by atoms with Crippen LogP contribution in [-0.4, -0.2) is 22.7 Å². The molecular weight excluding hydrogens is 334 g/mol. The van der Waals surface area contributed by atoms with Gasteiger partial charge in [-0.05, 0) is 25.5 Å². The van der Waals surface area contributed by atoms with Crippen molar-refractivity contribution in [1.82, 2.24) is 10.2 Å². The lowest BCUT2D eigenvalue weighted by atomic mass is 10.2. The van der Waals surface area contributed by atoms with Gasteiger partial charge in [0.1, 0.15) is 10.8 Å². The van der Waals surface area contributed by atoms with Crippen LogP contribution >= 0.6 is 11.3 Å². The number of carbonyl (C=O) groups excluding carboxylic acids is 1. The summed E-state index contributed by atoms with van der Waals surface area (Å²) in [6.45, 7) is 2.53. The van der Waals surface area contributed by atoms with Crippen molar-refractivity contribution in [2.45, 2.75) is 19.8 Å². The van der Waals surface area contributed by atoms with Gasteiger partial charge in [0.15, 0.2) is 0 Å². The Morgan fingerprint density at radius 3 is 2.60 bits per heavy atom. The Bertz CT molecular complexity index is 816. The van der Waals surface area contributed by atoms with Gasteiger partial charge >= 0.3 is 0 Å². The molecular formula is C19H19N3O2S. The topological polar surface area (TPSA) is 64.1 Å². The number of rotatable bonds is 7. The molecule has 1 N–H and O–H groups in total.